The van der Waals surface area contributed by atoms with Crippen molar-refractivity contribution in [3.8, 4) is 0 Å². The minimum atomic E-state index is -3.15. The first-order valence-electron chi connectivity index (χ1n) is 10.5. The minimum Gasteiger partial charge on any atom is -0.357 e. The summed E-state index contributed by atoms with van der Waals surface area (Å²) in [4.78, 5) is 9.57. The molecule has 1 saturated heterocycles. The summed E-state index contributed by atoms with van der Waals surface area (Å²) in [5, 5.41) is 3.34. The molecule has 0 aromatic heterocycles. The maximum atomic E-state index is 11.2. The first kappa shape index (κ1) is 22.4. The van der Waals surface area contributed by atoms with Crippen LogP contribution in [0, 0.1) is 11.8 Å². The average Bonchev–Trinajstić information content (AvgIpc) is 2.64. The van der Waals surface area contributed by atoms with Crippen LogP contribution in [0.15, 0.2) is 4.99 Å². The summed E-state index contributed by atoms with van der Waals surface area (Å²) in [6.07, 6.45) is 6.61. The van der Waals surface area contributed by atoms with Gasteiger partial charge in [0.15, 0.2) is 5.96 Å². The van der Waals surface area contributed by atoms with Crippen LogP contribution in [0.5, 0.6) is 0 Å². The van der Waals surface area contributed by atoms with Crippen molar-refractivity contribution in [3.05, 3.63) is 0 Å². The molecule has 8 heteroatoms. The fourth-order valence-electron chi connectivity index (χ4n) is 4.25. The summed E-state index contributed by atoms with van der Waals surface area (Å²) in [6, 6.07) is 0.751. The Labute approximate surface area is 166 Å². The molecule has 0 aromatic carbocycles. The normalized spacial score (nSPS) is 25.8. The van der Waals surface area contributed by atoms with Crippen LogP contribution in [-0.2, 0) is 10.0 Å². The van der Waals surface area contributed by atoms with Crippen LogP contribution in [0.2, 0.25) is 0 Å². The van der Waals surface area contributed by atoms with E-state index in [-0.39, 0.29) is 0 Å². The molecule has 0 spiro atoms. The van der Waals surface area contributed by atoms with Gasteiger partial charge in [-0.15, -0.1) is 0 Å². The molecule has 2 fully saturated rings. The molecule has 0 unspecified atom stereocenters. The Balaban J connectivity index is 1.79. The van der Waals surface area contributed by atoms with E-state index in [0.717, 1.165) is 56.6 Å². The van der Waals surface area contributed by atoms with E-state index in [1.54, 1.807) is 0 Å². The topological polar surface area (TPSA) is 77.0 Å². The van der Waals surface area contributed by atoms with Crippen LogP contribution in [0.3, 0.4) is 0 Å². The molecule has 1 saturated carbocycles. The highest BCUT2D eigenvalue weighted by molar-refractivity contribution is 7.88. The van der Waals surface area contributed by atoms with Gasteiger partial charge in [0.05, 0.1) is 12.8 Å². The monoisotopic (exact) mass is 401 g/mol. The molecule has 7 nitrogen and oxygen atoms in total. The summed E-state index contributed by atoms with van der Waals surface area (Å²) >= 11 is 0. The molecule has 2 N–H and O–H groups in total. The molecule has 0 atom stereocenters. The van der Waals surface area contributed by atoms with Crippen LogP contribution in [0.1, 0.15) is 46.5 Å². The Bertz CT molecular complexity index is 563. The van der Waals surface area contributed by atoms with E-state index in [2.05, 4.69) is 45.6 Å². The molecule has 0 bridgehead atoms. The van der Waals surface area contributed by atoms with Crippen molar-refractivity contribution in [1.29, 1.82) is 0 Å². The number of hydrogen-bond acceptors (Lipinski definition) is 4. The van der Waals surface area contributed by atoms with Gasteiger partial charge in [-0.1, -0.05) is 13.8 Å². The van der Waals surface area contributed by atoms with Crippen LogP contribution >= 0.6 is 0 Å². The number of nitrogens with zero attached hydrogens (tertiary/aromatic N) is 3. The number of hydrogen-bond donors (Lipinski definition) is 2. The van der Waals surface area contributed by atoms with Crippen molar-refractivity contribution in [2.45, 2.75) is 52.5 Å². The van der Waals surface area contributed by atoms with Gasteiger partial charge in [-0.3, -0.25) is 9.89 Å². The van der Waals surface area contributed by atoms with Gasteiger partial charge in [0.2, 0.25) is 10.0 Å². The highest BCUT2D eigenvalue weighted by Gasteiger charge is 2.29. The fraction of sp³-hybridized carbons (Fsp3) is 0.947. The van der Waals surface area contributed by atoms with Crippen molar-refractivity contribution in [2.24, 2.45) is 16.8 Å². The lowest BCUT2D eigenvalue weighted by atomic mass is 9.79. The second kappa shape index (κ2) is 10.6. The third-order valence-electron chi connectivity index (χ3n) is 5.89. The van der Waals surface area contributed by atoms with Gasteiger partial charge in [-0.25, -0.2) is 13.1 Å². The van der Waals surface area contributed by atoms with Gasteiger partial charge >= 0.3 is 0 Å². The fourth-order valence-corrected chi connectivity index (χ4v) is 4.71. The molecule has 0 amide bonds. The van der Waals surface area contributed by atoms with Gasteiger partial charge in [0, 0.05) is 45.3 Å². The number of aliphatic imine (C=N–C) groups is 1. The van der Waals surface area contributed by atoms with Crippen molar-refractivity contribution in [3.63, 3.8) is 0 Å². The number of piperazine rings is 1. The Hall–Kier alpha value is -0.860. The predicted molar refractivity (Wildman–Crippen MR) is 113 cm³/mol. The molecule has 27 heavy (non-hydrogen) atoms. The van der Waals surface area contributed by atoms with Crippen LogP contribution in [0.25, 0.3) is 0 Å². The van der Waals surface area contributed by atoms with Crippen LogP contribution < -0.4 is 10.0 Å². The van der Waals surface area contributed by atoms with E-state index < -0.39 is 10.0 Å². The zero-order valence-electron chi connectivity index (χ0n) is 17.6. The van der Waals surface area contributed by atoms with Crippen LogP contribution in [0.4, 0.5) is 0 Å². The van der Waals surface area contributed by atoms with E-state index >= 15 is 0 Å². The van der Waals surface area contributed by atoms with Crippen molar-refractivity contribution < 1.29 is 8.42 Å². The van der Waals surface area contributed by atoms with Crippen molar-refractivity contribution in [1.82, 2.24) is 19.8 Å². The summed E-state index contributed by atoms with van der Waals surface area (Å²) in [6.45, 7) is 12.5. The summed E-state index contributed by atoms with van der Waals surface area (Å²) in [5.41, 5.74) is 0. The smallest absolute Gasteiger partial charge is 0.208 e. The van der Waals surface area contributed by atoms with E-state index in [4.69, 9.17) is 0 Å². The van der Waals surface area contributed by atoms with Gasteiger partial charge in [0.1, 0.15) is 0 Å². The molecular weight excluding hydrogens is 362 g/mol. The second-order valence-electron chi connectivity index (χ2n) is 8.24. The van der Waals surface area contributed by atoms with Crippen molar-refractivity contribution >= 4 is 16.0 Å². The van der Waals surface area contributed by atoms with Gasteiger partial charge < -0.3 is 10.2 Å². The highest BCUT2D eigenvalue weighted by atomic mass is 32.2. The van der Waals surface area contributed by atoms with E-state index in [9.17, 15) is 8.42 Å². The maximum absolute atomic E-state index is 11.2. The minimum absolute atomic E-state index is 0.340. The predicted octanol–water partition coefficient (Wildman–Crippen LogP) is 1.33. The molecule has 0 radical (unpaired) electrons. The SMILES string of the molecule is CCNC(=NCCNS(C)(=O)=O)N1CCN(C2CCC(C(C)C)CC2)CC1. The van der Waals surface area contributed by atoms with Crippen molar-refractivity contribution in [2.75, 3.05) is 52.1 Å². The van der Waals surface area contributed by atoms with E-state index in [1.165, 1.54) is 31.9 Å². The first-order valence-corrected chi connectivity index (χ1v) is 12.4. The average molecular weight is 402 g/mol. The molecule has 1 aliphatic carbocycles. The molecular formula is C19H39N5O2S. The van der Waals surface area contributed by atoms with Gasteiger partial charge in [-0.2, -0.15) is 0 Å². The van der Waals surface area contributed by atoms with Gasteiger partial charge in [0.25, 0.3) is 0 Å². The molecule has 158 valence electrons. The summed E-state index contributed by atoms with van der Waals surface area (Å²) in [7, 11) is -3.15. The Morgan fingerprint density at radius 2 is 1.74 bits per heavy atom. The Kier molecular flexibility index (Phi) is 8.82. The maximum Gasteiger partial charge on any atom is 0.208 e. The largest absolute Gasteiger partial charge is 0.357 e. The number of sulfonamides is 1. The first-order chi connectivity index (χ1) is 12.8. The third kappa shape index (κ3) is 7.58. The summed E-state index contributed by atoms with van der Waals surface area (Å²) < 4.78 is 24.8. The van der Waals surface area contributed by atoms with E-state index in [0.29, 0.717) is 13.1 Å². The lowest BCUT2D eigenvalue weighted by Crippen LogP contribution is -2.55. The standard InChI is InChI=1S/C19H39N5O2S/c1-5-20-19(21-10-11-22-27(4,25)26)24-14-12-23(13-15-24)18-8-6-17(7-9-18)16(2)3/h16-18,22H,5-15H2,1-4H3,(H,20,21). The lowest BCUT2D eigenvalue weighted by Gasteiger charge is -2.43. The Morgan fingerprint density at radius 3 is 2.26 bits per heavy atom. The quantitative estimate of drug-likeness (QED) is 0.382. The Morgan fingerprint density at radius 1 is 1.11 bits per heavy atom. The summed E-state index contributed by atoms with van der Waals surface area (Å²) in [5.74, 6) is 2.63. The molecule has 0 aromatic rings. The number of guanidine groups is 1. The molecule has 2 aliphatic rings. The number of rotatable bonds is 7. The van der Waals surface area contributed by atoms with Gasteiger partial charge in [-0.05, 0) is 44.4 Å². The lowest BCUT2D eigenvalue weighted by molar-refractivity contribution is 0.0864. The number of nitrogens with one attached hydrogen (secondary N) is 2. The molecule has 1 heterocycles. The van der Waals surface area contributed by atoms with E-state index in [1.807, 2.05) is 0 Å². The molecule has 2 rings (SSSR count). The molecule has 1 aliphatic heterocycles. The third-order valence-corrected chi connectivity index (χ3v) is 6.62. The zero-order chi connectivity index (χ0) is 19.9. The zero-order valence-corrected chi connectivity index (χ0v) is 18.4. The highest BCUT2D eigenvalue weighted by Crippen LogP contribution is 2.32. The second-order valence-corrected chi connectivity index (χ2v) is 10.1. The van der Waals surface area contributed by atoms with Crippen LogP contribution in [-0.4, -0.2) is 82.3 Å².